The number of aliphatic hydroxyl groups is 1. The summed E-state index contributed by atoms with van der Waals surface area (Å²) in [5.41, 5.74) is 2.95. The highest BCUT2D eigenvalue weighted by Gasteiger charge is 2.36. The van der Waals surface area contributed by atoms with Gasteiger partial charge in [0.2, 0.25) is 11.7 Å². The first-order chi connectivity index (χ1) is 14.6. The van der Waals surface area contributed by atoms with Crippen LogP contribution in [-0.4, -0.2) is 43.0 Å². The molecule has 0 saturated carbocycles. The fourth-order valence-electron chi connectivity index (χ4n) is 4.07. The Morgan fingerprint density at radius 3 is 2.97 bits per heavy atom. The van der Waals surface area contributed by atoms with E-state index in [-0.39, 0.29) is 11.7 Å². The first-order valence-corrected chi connectivity index (χ1v) is 9.73. The van der Waals surface area contributed by atoms with Crippen LogP contribution in [0.15, 0.2) is 59.3 Å². The maximum atomic E-state index is 11.2. The lowest BCUT2D eigenvalue weighted by molar-refractivity contribution is -0.991. The zero-order chi connectivity index (χ0) is 20.7. The van der Waals surface area contributed by atoms with Gasteiger partial charge in [-0.1, -0.05) is 35.5 Å². The second kappa shape index (κ2) is 7.63. The van der Waals surface area contributed by atoms with Crippen LogP contribution in [0.3, 0.4) is 0 Å². The minimum Gasteiger partial charge on any atom is -0.595 e. The molecule has 0 bridgehead atoms. The molecule has 5 rings (SSSR count). The number of nitrogens with zero attached hydrogens (tertiary/aromatic N) is 3. The zero-order valence-electron chi connectivity index (χ0n) is 16.0. The van der Waals surface area contributed by atoms with E-state index in [1.165, 1.54) is 12.1 Å². The summed E-state index contributed by atoms with van der Waals surface area (Å²) in [5, 5.41) is 34.9. The van der Waals surface area contributed by atoms with Gasteiger partial charge in [-0.15, -0.1) is 0 Å². The summed E-state index contributed by atoms with van der Waals surface area (Å²) in [6.45, 7) is 1.15. The van der Waals surface area contributed by atoms with Crippen LogP contribution in [0.4, 0.5) is 5.69 Å². The number of para-hydroxylation sites is 1. The molecule has 1 fully saturated rings. The van der Waals surface area contributed by atoms with E-state index >= 15 is 0 Å². The van der Waals surface area contributed by atoms with Gasteiger partial charge >= 0.3 is 0 Å². The average molecular weight is 407 g/mol. The first-order valence-electron chi connectivity index (χ1n) is 9.73. The van der Waals surface area contributed by atoms with Gasteiger partial charge in [0.1, 0.15) is 0 Å². The largest absolute Gasteiger partial charge is 0.595 e. The van der Waals surface area contributed by atoms with Gasteiger partial charge in [-0.25, -0.2) is 5.21 Å². The number of nitrogens with one attached hydrogen (secondary N) is 2. The Bertz CT molecular complexity index is 1170. The zero-order valence-corrected chi connectivity index (χ0v) is 16.0. The monoisotopic (exact) mass is 407 g/mol. The van der Waals surface area contributed by atoms with Crippen molar-refractivity contribution < 1.29 is 20.1 Å². The number of rotatable bonds is 5. The number of likely N-dealkylation sites (tertiary alicyclic amines) is 1. The quantitative estimate of drug-likeness (QED) is 0.372. The van der Waals surface area contributed by atoms with Crippen LogP contribution in [0, 0.1) is 5.21 Å². The molecule has 3 atom stereocenters. The predicted octanol–water partition coefficient (Wildman–Crippen LogP) is 1.93. The van der Waals surface area contributed by atoms with E-state index in [0.717, 1.165) is 16.5 Å². The van der Waals surface area contributed by atoms with Crippen LogP contribution in [0.1, 0.15) is 23.9 Å². The molecule has 1 aliphatic heterocycles. The van der Waals surface area contributed by atoms with Crippen molar-refractivity contribution in [3.05, 3.63) is 71.4 Å². The van der Waals surface area contributed by atoms with Gasteiger partial charge in [-0.2, -0.15) is 10.2 Å². The smallest absolute Gasteiger partial charge is 0.244 e. The molecule has 0 amide bonds. The Kier molecular flexibility index (Phi) is 4.81. The summed E-state index contributed by atoms with van der Waals surface area (Å²) in [6, 6.07) is 14.3. The maximum absolute atomic E-state index is 11.2. The van der Waals surface area contributed by atoms with Gasteiger partial charge in [0.05, 0.1) is 12.1 Å². The minimum atomic E-state index is -1.01. The summed E-state index contributed by atoms with van der Waals surface area (Å²) < 4.78 is 5.52. The molecule has 3 heterocycles. The minimum absolute atomic E-state index is 0.163. The first kappa shape index (κ1) is 18.9. The third-order valence-electron chi connectivity index (χ3n) is 5.52. The van der Waals surface area contributed by atoms with Gasteiger partial charge in [0, 0.05) is 47.9 Å². The average Bonchev–Trinajstić information content (AvgIpc) is 3.47. The lowest BCUT2D eigenvalue weighted by Gasteiger charge is -2.20. The number of β-amino-alcohol motifs (C(OH)–C–C–N with tert-alkyl or cyclic N) is 1. The van der Waals surface area contributed by atoms with Gasteiger partial charge in [-0.3, -0.25) is 4.90 Å². The number of hydrogen-bond acceptors (Lipinski definition) is 7. The normalized spacial score (nSPS) is 20.8. The highest BCUT2D eigenvalue weighted by Crippen LogP contribution is 2.34. The van der Waals surface area contributed by atoms with Crippen molar-refractivity contribution >= 4 is 16.6 Å². The van der Waals surface area contributed by atoms with Crippen molar-refractivity contribution in [2.45, 2.75) is 25.1 Å². The summed E-state index contributed by atoms with van der Waals surface area (Å²) >= 11 is 0. The molecule has 9 nitrogen and oxygen atoms in total. The van der Waals surface area contributed by atoms with Crippen LogP contribution in [0.5, 0.6) is 0 Å². The van der Waals surface area contributed by atoms with Gasteiger partial charge in [-0.05, 0) is 18.1 Å². The van der Waals surface area contributed by atoms with Gasteiger partial charge < -0.3 is 19.8 Å². The van der Waals surface area contributed by atoms with E-state index in [9.17, 15) is 15.5 Å². The van der Waals surface area contributed by atoms with E-state index in [1.54, 1.807) is 12.1 Å². The van der Waals surface area contributed by atoms with Crippen LogP contribution in [0.2, 0.25) is 0 Å². The standard InChI is InChI=1S/C21H21N5O4/c27-16-9-19(25(12-16)11-14-10-22-18-7-2-1-6-17(14)18)21-23-20(24-30-21)13-4-3-5-15(8-13)26(28)29/h1-8,10,16,19,22,26-28H,9,11-12H2/t16-,19+/m1/s1. The molecule has 0 radical (unpaired) electrons. The summed E-state index contributed by atoms with van der Waals surface area (Å²) in [7, 11) is 0. The van der Waals surface area contributed by atoms with E-state index in [4.69, 9.17) is 4.52 Å². The number of hydrogen-bond donors (Lipinski definition) is 4. The Hall–Kier alpha value is -3.08. The van der Waals surface area contributed by atoms with Crippen molar-refractivity contribution in [1.82, 2.24) is 20.0 Å². The number of aliphatic hydroxyl groups excluding tert-OH is 1. The topological polar surface area (TPSA) is 126 Å². The van der Waals surface area contributed by atoms with E-state index in [2.05, 4.69) is 26.1 Å². The predicted molar refractivity (Wildman–Crippen MR) is 108 cm³/mol. The van der Waals surface area contributed by atoms with Crippen LogP contribution >= 0.6 is 0 Å². The number of benzene rings is 2. The van der Waals surface area contributed by atoms with Crippen molar-refractivity contribution in [2.24, 2.45) is 0 Å². The number of fused-ring (bicyclic) bond motifs is 1. The highest BCUT2D eigenvalue weighted by atomic mass is 16.8. The number of H-pyrrole nitrogens is 1. The Balaban J connectivity index is 1.41. The maximum Gasteiger partial charge on any atom is 0.244 e. The molecule has 2 aromatic heterocycles. The fourth-order valence-corrected chi connectivity index (χ4v) is 4.07. The second-order valence-corrected chi connectivity index (χ2v) is 7.54. The van der Waals surface area contributed by atoms with Crippen LogP contribution < -0.4 is 5.23 Å². The molecule has 1 unspecified atom stereocenters. The molecule has 0 spiro atoms. The highest BCUT2D eigenvalue weighted by molar-refractivity contribution is 5.83. The molecular formula is C21H21N5O4. The van der Waals surface area contributed by atoms with E-state index < -0.39 is 11.3 Å². The molecule has 2 aromatic carbocycles. The molecule has 154 valence electrons. The fraction of sp³-hybridized carbons (Fsp3) is 0.238. The van der Waals surface area contributed by atoms with E-state index in [0.29, 0.717) is 36.8 Å². The third kappa shape index (κ3) is 3.49. The molecule has 1 aliphatic rings. The summed E-state index contributed by atoms with van der Waals surface area (Å²) in [5.74, 6) is 0.753. The Labute approximate surface area is 171 Å². The number of aromatic amines is 1. The van der Waals surface area contributed by atoms with Crippen LogP contribution in [0.25, 0.3) is 22.3 Å². The lowest BCUT2D eigenvalue weighted by Crippen LogP contribution is -2.99. The molecule has 30 heavy (non-hydrogen) atoms. The Morgan fingerprint density at radius 1 is 1.23 bits per heavy atom. The molecule has 0 aliphatic carbocycles. The third-order valence-corrected chi connectivity index (χ3v) is 5.52. The SMILES string of the molecule is [O-][NH+](O)c1cccc(-c2noc([C@@H]3C[C@@H](O)CN3Cc3c[nH]c4ccccc34)n2)c1. The van der Waals surface area contributed by atoms with E-state index in [1.807, 2.05) is 24.4 Å². The molecular weight excluding hydrogens is 386 g/mol. The summed E-state index contributed by atoms with van der Waals surface area (Å²) in [4.78, 5) is 9.92. The lowest BCUT2D eigenvalue weighted by atomic mass is 10.1. The molecule has 4 N–H and O–H groups in total. The molecule has 4 aromatic rings. The second-order valence-electron chi connectivity index (χ2n) is 7.54. The molecule has 9 heteroatoms. The van der Waals surface area contributed by atoms with Crippen molar-refractivity contribution in [3.8, 4) is 11.4 Å². The van der Waals surface area contributed by atoms with Crippen molar-refractivity contribution in [3.63, 3.8) is 0 Å². The molecule has 1 saturated heterocycles. The van der Waals surface area contributed by atoms with Crippen molar-refractivity contribution in [2.75, 3.05) is 6.54 Å². The van der Waals surface area contributed by atoms with Gasteiger partial charge in [0.15, 0.2) is 5.69 Å². The Morgan fingerprint density at radius 2 is 2.10 bits per heavy atom. The van der Waals surface area contributed by atoms with Gasteiger partial charge in [0.25, 0.3) is 0 Å². The number of quaternary nitrogens is 1. The van der Waals surface area contributed by atoms with Crippen molar-refractivity contribution in [1.29, 1.82) is 0 Å². The number of aromatic nitrogens is 3. The summed E-state index contributed by atoms with van der Waals surface area (Å²) in [6.07, 6.45) is 2.01. The van der Waals surface area contributed by atoms with Crippen LogP contribution in [-0.2, 0) is 6.54 Å².